The van der Waals surface area contributed by atoms with E-state index >= 15 is 0 Å². The van der Waals surface area contributed by atoms with Crippen molar-refractivity contribution < 1.29 is 4.42 Å². The minimum absolute atomic E-state index is 0.723. The van der Waals surface area contributed by atoms with E-state index in [1.807, 2.05) is 24.3 Å². The fourth-order valence-electron chi connectivity index (χ4n) is 3.43. The summed E-state index contributed by atoms with van der Waals surface area (Å²) in [5.41, 5.74) is 4.08. The zero-order valence-corrected chi connectivity index (χ0v) is 13.5. The molecule has 0 unspecified atom stereocenters. The Morgan fingerprint density at radius 1 is 0.667 bits per heavy atom. The molecule has 0 radical (unpaired) electrons. The second-order valence-corrected chi connectivity index (χ2v) is 6.36. The summed E-state index contributed by atoms with van der Waals surface area (Å²) in [7, 11) is 0. The Kier molecular flexibility index (Phi) is 2.91. The van der Waals surface area contributed by atoms with E-state index in [1.54, 1.807) is 0 Å². The van der Waals surface area contributed by atoms with Gasteiger partial charge < -0.3 is 4.42 Å². The maximum Gasteiger partial charge on any atom is 0.136 e. The SMILES string of the molecule is Clc1cccc2oc3ccc(-c4cccc5ccccc45)cc3c12. The van der Waals surface area contributed by atoms with Crippen molar-refractivity contribution in [2.24, 2.45) is 0 Å². The summed E-state index contributed by atoms with van der Waals surface area (Å²) in [5.74, 6) is 0. The number of hydrogen-bond donors (Lipinski definition) is 0. The molecule has 0 N–H and O–H groups in total. The van der Waals surface area contributed by atoms with Gasteiger partial charge in [0.15, 0.2) is 0 Å². The van der Waals surface area contributed by atoms with Crippen molar-refractivity contribution in [1.82, 2.24) is 0 Å². The van der Waals surface area contributed by atoms with E-state index in [4.69, 9.17) is 16.0 Å². The molecule has 0 atom stereocenters. The van der Waals surface area contributed by atoms with Gasteiger partial charge >= 0.3 is 0 Å². The number of rotatable bonds is 1. The largest absolute Gasteiger partial charge is 0.456 e. The van der Waals surface area contributed by atoms with Crippen molar-refractivity contribution in [2.45, 2.75) is 0 Å². The average Bonchev–Trinajstić information content (AvgIpc) is 3.00. The fourth-order valence-corrected chi connectivity index (χ4v) is 3.70. The molecule has 2 heteroatoms. The molecule has 0 saturated heterocycles. The zero-order valence-electron chi connectivity index (χ0n) is 12.8. The Balaban J connectivity index is 1.85. The molecule has 5 aromatic rings. The number of furan rings is 1. The van der Waals surface area contributed by atoms with Crippen LogP contribution in [0.4, 0.5) is 0 Å². The summed E-state index contributed by atoms with van der Waals surface area (Å²) in [6.07, 6.45) is 0. The van der Waals surface area contributed by atoms with E-state index in [0.29, 0.717) is 0 Å². The summed E-state index contributed by atoms with van der Waals surface area (Å²) in [6, 6.07) is 26.9. The summed E-state index contributed by atoms with van der Waals surface area (Å²) < 4.78 is 5.93. The smallest absolute Gasteiger partial charge is 0.136 e. The van der Waals surface area contributed by atoms with Crippen LogP contribution in [0.15, 0.2) is 83.3 Å². The maximum absolute atomic E-state index is 6.41. The molecular weight excluding hydrogens is 316 g/mol. The molecule has 0 aliphatic heterocycles. The highest BCUT2D eigenvalue weighted by Crippen LogP contribution is 2.37. The van der Waals surface area contributed by atoms with Crippen LogP contribution < -0.4 is 0 Å². The van der Waals surface area contributed by atoms with E-state index in [0.717, 1.165) is 27.0 Å². The third-order valence-electron chi connectivity index (χ3n) is 4.54. The normalized spacial score (nSPS) is 11.5. The lowest BCUT2D eigenvalue weighted by atomic mass is 9.97. The quantitative estimate of drug-likeness (QED) is 0.321. The predicted molar refractivity (Wildman–Crippen MR) is 102 cm³/mol. The molecule has 0 saturated carbocycles. The first-order valence-corrected chi connectivity index (χ1v) is 8.28. The van der Waals surface area contributed by atoms with Gasteiger partial charge in [0.05, 0.1) is 5.02 Å². The van der Waals surface area contributed by atoms with Crippen LogP contribution in [0, 0.1) is 0 Å². The van der Waals surface area contributed by atoms with Crippen LogP contribution >= 0.6 is 11.6 Å². The molecule has 1 heterocycles. The summed E-state index contributed by atoms with van der Waals surface area (Å²) >= 11 is 6.41. The molecule has 0 spiro atoms. The molecule has 5 rings (SSSR count). The van der Waals surface area contributed by atoms with E-state index in [1.165, 1.54) is 21.9 Å². The van der Waals surface area contributed by atoms with Gasteiger partial charge in [0.25, 0.3) is 0 Å². The number of halogens is 1. The molecule has 24 heavy (non-hydrogen) atoms. The molecule has 0 fully saturated rings. The summed E-state index contributed by atoms with van der Waals surface area (Å²) in [6.45, 7) is 0. The van der Waals surface area contributed by atoms with Crippen LogP contribution in [0.2, 0.25) is 5.02 Å². The van der Waals surface area contributed by atoms with E-state index in [9.17, 15) is 0 Å². The molecular formula is C22H13ClO. The highest BCUT2D eigenvalue weighted by atomic mass is 35.5. The zero-order chi connectivity index (χ0) is 16.1. The standard InChI is InChI=1S/C22H13ClO/c23-19-9-4-10-21-22(19)18-13-15(11-12-20(18)24-21)17-8-3-6-14-5-1-2-7-16(14)17/h1-13H. The van der Waals surface area contributed by atoms with Crippen LogP contribution in [-0.4, -0.2) is 0 Å². The third kappa shape index (κ3) is 1.95. The minimum Gasteiger partial charge on any atom is -0.456 e. The average molecular weight is 329 g/mol. The van der Waals surface area contributed by atoms with Gasteiger partial charge in [-0.25, -0.2) is 0 Å². The Labute approximate surface area is 144 Å². The van der Waals surface area contributed by atoms with Gasteiger partial charge in [0.1, 0.15) is 11.2 Å². The summed E-state index contributed by atoms with van der Waals surface area (Å²) in [5, 5.41) is 5.25. The molecule has 0 aliphatic carbocycles. The maximum atomic E-state index is 6.41. The predicted octanol–water partition coefficient (Wildman–Crippen LogP) is 7.06. The number of benzene rings is 4. The first kappa shape index (κ1) is 13.6. The summed E-state index contributed by atoms with van der Waals surface area (Å²) in [4.78, 5) is 0. The van der Waals surface area contributed by atoms with Gasteiger partial charge in [-0.2, -0.15) is 0 Å². The van der Waals surface area contributed by atoms with Gasteiger partial charge in [-0.15, -0.1) is 0 Å². The molecule has 1 aromatic heterocycles. The van der Waals surface area contributed by atoms with Crippen molar-refractivity contribution in [3.8, 4) is 11.1 Å². The van der Waals surface area contributed by atoms with Gasteiger partial charge in [0, 0.05) is 10.8 Å². The Hall–Kier alpha value is -2.77. The molecule has 0 amide bonds. The second kappa shape index (κ2) is 5.12. The van der Waals surface area contributed by atoms with Crippen LogP contribution in [-0.2, 0) is 0 Å². The van der Waals surface area contributed by atoms with Crippen molar-refractivity contribution in [1.29, 1.82) is 0 Å². The van der Waals surface area contributed by atoms with E-state index < -0.39 is 0 Å². The van der Waals surface area contributed by atoms with Gasteiger partial charge in [-0.3, -0.25) is 0 Å². The molecule has 114 valence electrons. The van der Waals surface area contributed by atoms with E-state index in [-0.39, 0.29) is 0 Å². The van der Waals surface area contributed by atoms with Crippen LogP contribution in [0.1, 0.15) is 0 Å². The lowest BCUT2D eigenvalue weighted by molar-refractivity contribution is 0.669. The van der Waals surface area contributed by atoms with Crippen molar-refractivity contribution >= 4 is 44.3 Å². The monoisotopic (exact) mass is 328 g/mol. The van der Waals surface area contributed by atoms with Crippen LogP contribution in [0.5, 0.6) is 0 Å². The van der Waals surface area contributed by atoms with Crippen LogP contribution in [0.3, 0.4) is 0 Å². The van der Waals surface area contributed by atoms with Crippen molar-refractivity contribution in [3.05, 3.63) is 83.9 Å². The van der Waals surface area contributed by atoms with Gasteiger partial charge in [-0.05, 0) is 46.2 Å². The minimum atomic E-state index is 0.723. The molecule has 4 aromatic carbocycles. The lowest BCUT2D eigenvalue weighted by Crippen LogP contribution is -1.81. The topological polar surface area (TPSA) is 13.1 Å². The second-order valence-electron chi connectivity index (χ2n) is 5.95. The van der Waals surface area contributed by atoms with Gasteiger partial charge in [0.2, 0.25) is 0 Å². The first-order chi connectivity index (χ1) is 11.8. The Morgan fingerprint density at radius 2 is 1.50 bits per heavy atom. The number of fused-ring (bicyclic) bond motifs is 4. The van der Waals surface area contributed by atoms with Crippen molar-refractivity contribution in [3.63, 3.8) is 0 Å². The Morgan fingerprint density at radius 3 is 2.46 bits per heavy atom. The molecule has 0 bridgehead atoms. The highest BCUT2D eigenvalue weighted by molar-refractivity contribution is 6.37. The van der Waals surface area contributed by atoms with Gasteiger partial charge in [-0.1, -0.05) is 66.2 Å². The van der Waals surface area contributed by atoms with E-state index in [2.05, 4.69) is 54.6 Å². The number of hydrogen-bond acceptors (Lipinski definition) is 1. The first-order valence-electron chi connectivity index (χ1n) is 7.90. The molecule has 0 aliphatic rings. The third-order valence-corrected chi connectivity index (χ3v) is 4.86. The highest BCUT2D eigenvalue weighted by Gasteiger charge is 2.12. The Bertz CT molecular complexity index is 1210. The fraction of sp³-hybridized carbons (Fsp3) is 0. The lowest BCUT2D eigenvalue weighted by Gasteiger charge is -2.07. The molecule has 1 nitrogen and oxygen atoms in total. The van der Waals surface area contributed by atoms with Crippen LogP contribution in [0.25, 0.3) is 43.8 Å². The van der Waals surface area contributed by atoms with Crippen molar-refractivity contribution in [2.75, 3.05) is 0 Å².